The third-order valence-electron chi connectivity index (χ3n) is 4.38. The zero-order valence-corrected chi connectivity index (χ0v) is 15.8. The molecule has 0 aliphatic heterocycles. The first-order chi connectivity index (χ1) is 12.8. The molecular formula is C20H20ClFN2O3. The van der Waals surface area contributed by atoms with Crippen molar-refractivity contribution in [3.63, 3.8) is 0 Å². The van der Waals surface area contributed by atoms with Crippen LogP contribution >= 0.6 is 11.6 Å². The number of ether oxygens (including phenoxy) is 1. The maximum absolute atomic E-state index is 13.1. The second kappa shape index (κ2) is 7.96. The SMILES string of the molecule is Cc1cc(/C=C/C(=O)OCC(=O)Nc2ccc(F)c(Cl)c2)c(C)n1C1CC1. The fraction of sp³-hybridized carbons (Fsp3) is 0.300. The van der Waals surface area contributed by atoms with E-state index >= 15 is 0 Å². The summed E-state index contributed by atoms with van der Waals surface area (Å²) in [6.45, 7) is 3.63. The highest BCUT2D eigenvalue weighted by Crippen LogP contribution is 2.38. The normalized spacial score (nSPS) is 13.8. The topological polar surface area (TPSA) is 60.3 Å². The number of hydrogen-bond acceptors (Lipinski definition) is 3. The van der Waals surface area contributed by atoms with Crippen molar-refractivity contribution in [1.82, 2.24) is 4.57 Å². The molecule has 1 aromatic heterocycles. The van der Waals surface area contributed by atoms with Gasteiger partial charge in [-0.3, -0.25) is 4.79 Å². The van der Waals surface area contributed by atoms with Crippen molar-refractivity contribution in [1.29, 1.82) is 0 Å². The lowest BCUT2D eigenvalue weighted by Gasteiger charge is -2.07. The summed E-state index contributed by atoms with van der Waals surface area (Å²) in [7, 11) is 0. The minimum Gasteiger partial charge on any atom is -0.452 e. The average Bonchev–Trinajstić information content (AvgIpc) is 3.40. The average molecular weight is 391 g/mol. The summed E-state index contributed by atoms with van der Waals surface area (Å²) >= 11 is 5.65. The van der Waals surface area contributed by atoms with Crippen molar-refractivity contribution >= 4 is 35.2 Å². The highest BCUT2D eigenvalue weighted by Gasteiger charge is 2.26. The van der Waals surface area contributed by atoms with Crippen molar-refractivity contribution in [2.45, 2.75) is 32.7 Å². The van der Waals surface area contributed by atoms with Gasteiger partial charge in [0.2, 0.25) is 0 Å². The van der Waals surface area contributed by atoms with Crippen LogP contribution in [0.1, 0.15) is 35.8 Å². The Morgan fingerprint density at radius 1 is 1.33 bits per heavy atom. The van der Waals surface area contributed by atoms with Gasteiger partial charge in [-0.15, -0.1) is 0 Å². The standard InChI is InChI=1S/C20H20ClFN2O3/c1-12-9-14(13(2)24(12)16-5-6-16)3-8-20(26)27-11-19(25)23-15-4-7-18(22)17(21)10-15/h3-4,7-10,16H,5-6,11H2,1-2H3,(H,23,25)/b8-3+. The van der Waals surface area contributed by atoms with Gasteiger partial charge >= 0.3 is 5.97 Å². The maximum Gasteiger partial charge on any atom is 0.331 e. The second-order valence-electron chi connectivity index (χ2n) is 6.55. The number of rotatable bonds is 6. The summed E-state index contributed by atoms with van der Waals surface area (Å²) in [5.74, 6) is -1.72. The number of nitrogens with zero attached hydrogens (tertiary/aromatic N) is 1. The number of aromatic nitrogens is 1. The van der Waals surface area contributed by atoms with E-state index in [2.05, 4.69) is 9.88 Å². The number of nitrogens with one attached hydrogen (secondary N) is 1. The van der Waals surface area contributed by atoms with Crippen LogP contribution in [0.3, 0.4) is 0 Å². The van der Waals surface area contributed by atoms with Gasteiger partial charge in [0.05, 0.1) is 5.02 Å². The van der Waals surface area contributed by atoms with Gasteiger partial charge in [0.25, 0.3) is 5.91 Å². The molecule has 3 rings (SSSR count). The molecule has 2 aromatic rings. The molecule has 7 heteroatoms. The first kappa shape index (κ1) is 19.2. The van der Waals surface area contributed by atoms with E-state index in [9.17, 15) is 14.0 Å². The minimum absolute atomic E-state index is 0.100. The highest BCUT2D eigenvalue weighted by molar-refractivity contribution is 6.31. The van der Waals surface area contributed by atoms with Gasteiger partial charge in [0, 0.05) is 29.2 Å². The zero-order valence-electron chi connectivity index (χ0n) is 15.1. The Morgan fingerprint density at radius 3 is 2.74 bits per heavy atom. The van der Waals surface area contributed by atoms with Gasteiger partial charge in [-0.05, 0) is 62.6 Å². The molecule has 1 aromatic carbocycles. The Hall–Kier alpha value is -2.60. The molecule has 1 amide bonds. The van der Waals surface area contributed by atoms with Crippen LogP contribution in [0.4, 0.5) is 10.1 Å². The van der Waals surface area contributed by atoms with Gasteiger partial charge in [-0.2, -0.15) is 0 Å². The molecule has 142 valence electrons. The van der Waals surface area contributed by atoms with E-state index in [1.54, 1.807) is 6.08 Å². The molecule has 1 N–H and O–H groups in total. The molecule has 0 spiro atoms. The fourth-order valence-electron chi connectivity index (χ4n) is 2.98. The molecule has 0 radical (unpaired) electrons. The molecular weight excluding hydrogens is 371 g/mol. The molecule has 0 unspecified atom stereocenters. The molecule has 1 saturated carbocycles. The zero-order chi connectivity index (χ0) is 19.6. The van der Waals surface area contributed by atoms with Crippen LogP contribution in [0.2, 0.25) is 5.02 Å². The molecule has 1 aliphatic rings. The Labute approximate surface area is 161 Å². The highest BCUT2D eigenvalue weighted by atomic mass is 35.5. The molecule has 5 nitrogen and oxygen atoms in total. The van der Waals surface area contributed by atoms with Crippen molar-refractivity contribution in [2.24, 2.45) is 0 Å². The molecule has 0 saturated heterocycles. The predicted molar refractivity (Wildman–Crippen MR) is 102 cm³/mol. The fourth-order valence-corrected chi connectivity index (χ4v) is 3.16. The molecule has 1 heterocycles. The quantitative estimate of drug-likeness (QED) is 0.586. The Morgan fingerprint density at radius 2 is 2.07 bits per heavy atom. The third-order valence-corrected chi connectivity index (χ3v) is 4.67. The summed E-state index contributed by atoms with van der Waals surface area (Å²) in [6.07, 6.45) is 5.38. The van der Waals surface area contributed by atoms with E-state index in [1.165, 1.54) is 36.7 Å². The van der Waals surface area contributed by atoms with E-state index in [0.29, 0.717) is 11.7 Å². The maximum atomic E-state index is 13.1. The van der Waals surface area contributed by atoms with Gasteiger partial charge < -0.3 is 14.6 Å². The molecule has 0 atom stereocenters. The lowest BCUT2D eigenvalue weighted by atomic mass is 10.2. The molecule has 1 fully saturated rings. The summed E-state index contributed by atoms with van der Waals surface area (Å²) in [4.78, 5) is 23.7. The van der Waals surface area contributed by atoms with Crippen LogP contribution in [0.15, 0.2) is 30.3 Å². The first-order valence-electron chi connectivity index (χ1n) is 8.63. The lowest BCUT2D eigenvalue weighted by Crippen LogP contribution is -2.20. The van der Waals surface area contributed by atoms with E-state index < -0.39 is 24.3 Å². The van der Waals surface area contributed by atoms with Crippen LogP contribution in [0.25, 0.3) is 6.08 Å². The van der Waals surface area contributed by atoms with Gasteiger partial charge in [0.1, 0.15) is 5.82 Å². The van der Waals surface area contributed by atoms with Gasteiger partial charge in [-0.25, -0.2) is 9.18 Å². The Balaban J connectivity index is 1.52. The largest absolute Gasteiger partial charge is 0.452 e. The number of anilines is 1. The third kappa shape index (κ3) is 4.77. The van der Waals surface area contributed by atoms with E-state index in [1.807, 2.05) is 19.9 Å². The van der Waals surface area contributed by atoms with E-state index in [-0.39, 0.29) is 5.02 Å². The van der Waals surface area contributed by atoms with E-state index in [4.69, 9.17) is 16.3 Å². The van der Waals surface area contributed by atoms with Crippen LogP contribution < -0.4 is 5.32 Å². The smallest absolute Gasteiger partial charge is 0.331 e. The number of halogens is 2. The number of hydrogen-bond donors (Lipinski definition) is 1. The number of benzene rings is 1. The Kier molecular flexibility index (Phi) is 5.65. The number of amides is 1. The Bertz CT molecular complexity index is 916. The van der Waals surface area contributed by atoms with Crippen LogP contribution in [0.5, 0.6) is 0 Å². The minimum atomic E-state index is -0.612. The molecule has 27 heavy (non-hydrogen) atoms. The van der Waals surface area contributed by atoms with Crippen LogP contribution in [0, 0.1) is 19.7 Å². The first-order valence-corrected chi connectivity index (χ1v) is 9.01. The van der Waals surface area contributed by atoms with Crippen LogP contribution in [-0.4, -0.2) is 23.1 Å². The van der Waals surface area contributed by atoms with Crippen molar-refractivity contribution < 1.29 is 18.7 Å². The monoisotopic (exact) mass is 390 g/mol. The van der Waals surface area contributed by atoms with Crippen molar-refractivity contribution in [2.75, 3.05) is 11.9 Å². The summed E-state index contributed by atoms with van der Waals surface area (Å²) < 4.78 is 20.3. The molecule has 0 bridgehead atoms. The number of aryl methyl sites for hydroxylation is 1. The predicted octanol–water partition coefficient (Wildman–Crippen LogP) is 4.43. The van der Waals surface area contributed by atoms with Gasteiger partial charge in [0.15, 0.2) is 6.61 Å². The van der Waals surface area contributed by atoms with Crippen molar-refractivity contribution in [3.8, 4) is 0 Å². The summed E-state index contributed by atoms with van der Waals surface area (Å²) in [5, 5.41) is 2.38. The summed E-state index contributed by atoms with van der Waals surface area (Å²) in [6, 6.07) is 6.40. The van der Waals surface area contributed by atoms with Crippen molar-refractivity contribution in [3.05, 3.63) is 58.1 Å². The van der Waals surface area contributed by atoms with E-state index in [0.717, 1.165) is 17.3 Å². The number of carbonyl (C=O) groups excluding carboxylic acids is 2. The van der Waals surface area contributed by atoms with Crippen LogP contribution in [-0.2, 0) is 14.3 Å². The van der Waals surface area contributed by atoms with Gasteiger partial charge in [-0.1, -0.05) is 11.6 Å². The second-order valence-corrected chi connectivity index (χ2v) is 6.95. The lowest BCUT2D eigenvalue weighted by molar-refractivity contribution is -0.142. The number of carbonyl (C=O) groups is 2. The number of esters is 1. The molecule has 1 aliphatic carbocycles. The summed E-state index contributed by atoms with van der Waals surface area (Å²) in [5.41, 5.74) is 3.57.